The van der Waals surface area contributed by atoms with Crippen LogP contribution in [0.15, 0.2) is 36.4 Å². The molecule has 2 unspecified atom stereocenters. The molecule has 2 atom stereocenters. The van der Waals surface area contributed by atoms with Gasteiger partial charge in [0.25, 0.3) is 0 Å². The number of halogens is 5. The summed E-state index contributed by atoms with van der Waals surface area (Å²) in [6.45, 7) is -0.732. The molecule has 0 heterocycles. The Bertz CT molecular complexity index is 912. The standard InChI is InChI=1S/C21H24F5NO4P/c22-17-5-3-14(11-18(17)23)2-1-9-30-19-6-4-15(10-16(19)21(24,25)26)7-8-20(27,12-28)13-31-32-29/h3-6,10-11,28,32H,1-2,7-9,12-13,27H2/q+1. The lowest BCUT2D eigenvalue weighted by molar-refractivity contribution is -0.139. The SMILES string of the molecule is NC(CO)(CCc1ccc(OCCCc2ccc(F)c(F)c2)c(C(F)(F)F)c1)CO[PH+]=O. The first kappa shape index (κ1) is 26.1. The zero-order chi connectivity index (χ0) is 23.8. The molecular formula is C21H24F5NO4P+. The molecule has 5 nitrogen and oxygen atoms in total. The van der Waals surface area contributed by atoms with E-state index in [1.807, 2.05) is 0 Å². The third-order valence-corrected chi connectivity index (χ3v) is 5.11. The molecule has 0 aliphatic carbocycles. The number of hydrogen-bond donors (Lipinski definition) is 2. The van der Waals surface area contributed by atoms with Gasteiger partial charge in [0.15, 0.2) is 11.6 Å². The van der Waals surface area contributed by atoms with E-state index in [0.717, 1.165) is 18.2 Å². The summed E-state index contributed by atoms with van der Waals surface area (Å²) < 4.78 is 87.2. The van der Waals surface area contributed by atoms with E-state index in [1.54, 1.807) is 0 Å². The Balaban J connectivity index is 2.01. The molecule has 0 spiro atoms. The van der Waals surface area contributed by atoms with Crippen LogP contribution in [0.3, 0.4) is 0 Å². The second-order valence-electron chi connectivity index (χ2n) is 7.42. The largest absolute Gasteiger partial charge is 0.494 e. The van der Waals surface area contributed by atoms with Crippen molar-refractivity contribution in [3.05, 3.63) is 64.7 Å². The molecule has 0 saturated carbocycles. The molecule has 2 aromatic rings. The number of aliphatic hydroxyl groups is 1. The van der Waals surface area contributed by atoms with Gasteiger partial charge in [0.2, 0.25) is 0 Å². The predicted molar refractivity (Wildman–Crippen MR) is 109 cm³/mol. The van der Waals surface area contributed by atoms with Crippen molar-refractivity contribution in [1.29, 1.82) is 0 Å². The third kappa shape index (κ3) is 7.78. The highest BCUT2D eigenvalue weighted by molar-refractivity contribution is 7.17. The van der Waals surface area contributed by atoms with E-state index >= 15 is 0 Å². The van der Waals surface area contributed by atoms with Crippen LogP contribution in [0.5, 0.6) is 5.75 Å². The van der Waals surface area contributed by atoms with E-state index < -0.39 is 44.2 Å². The fourth-order valence-corrected chi connectivity index (χ4v) is 3.34. The molecule has 0 bridgehead atoms. The maximum Gasteiger partial charge on any atom is 0.494 e. The predicted octanol–water partition coefficient (Wildman–Crippen LogP) is 4.57. The van der Waals surface area contributed by atoms with Crippen molar-refractivity contribution < 1.29 is 40.9 Å². The van der Waals surface area contributed by atoms with Gasteiger partial charge in [-0.3, -0.25) is 0 Å². The second kappa shape index (κ2) is 11.7. The molecule has 32 heavy (non-hydrogen) atoms. The highest BCUT2D eigenvalue weighted by Gasteiger charge is 2.35. The van der Waals surface area contributed by atoms with Gasteiger partial charge >= 0.3 is 14.9 Å². The van der Waals surface area contributed by atoms with Gasteiger partial charge in [-0.1, -0.05) is 12.1 Å². The molecule has 2 aromatic carbocycles. The maximum absolute atomic E-state index is 13.5. The van der Waals surface area contributed by atoms with E-state index in [4.69, 9.17) is 15.0 Å². The lowest BCUT2D eigenvalue weighted by Gasteiger charge is -2.24. The van der Waals surface area contributed by atoms with Gasteiger partial charge in [0.05, 0.1) is 24.3 Å². The number of benzene rings is 2. The molecule has 176 valence electrons. The molecule has 0 amide bonds. The van der Waals surface area contributed by atoms with Gasteiger partial charge in [0, 0.05) is 0 Å². The first-order chi connectivity index (χ1) is 15.1. The Morgan fingerprint density at radius 1 is 1.00 bits per heavy atom. The summed E-state index contributed by atoms with van der Waals surface area (Å²) in [5.41, 5.74) is 4.59. The molecule has 2 rings (SSSR count). The van der Waals surface area contributed by atoms with Crippen LogP contribution in [-0.2, 0) is 28.1 Å². The van der Waals surface area contributed by atoms with Crippen molar-refractivity contribution >= 4 is 8.69 Å². The van der Waals surface area contributed by atoms with Gasteiger partial charge in [-0.15, -0.1) is 4.52 Å². The normalized spacial score (nSPS) is 13.8. The molecule has 0 fully saturated rings. The maximum atomic E-state index is 13.5. The zero-order valence-electron chi connectivity index (χ0n) is 17.1. The first-order valence-electron chi connectivity index (χ1n) is 9.73. The zero-order valence-corrected chi connectivity index (χ0v) is 18.1. The first-order valence-corrected chi connectivity index (χ1v) is 10.5. The lowest BCUT2D eigenvalue weighted by Crippen LogP contribution is -2.47. The van der Waals surface area contributed by atoms with Crippen LogP contribution in [0.4, 0.5) is 22.0 Å². The summed E-state index contributed by atoms with van der Waals surface area (Å²) in [7, 11) is -1.06. The van der Waals surface area contributed by atoms with Gasteiger partial charge < -0.3 is 15.6 Å². The fraction of sp³-hybridized carbons (Fsp3) is 0.429. The quantitative estimate of drug-likeness (QED) is 0.264. The van der Waals surface area contributed by atoms with Crippen molar-refractivity contribution in [3.63, 3.8) is 0 Å². The minimum Gasteiger partial charge on any atom is -0.493 e. The fourth-order valence-electron chi connectivity index (χ4n) is 3.00. The highest BCUT2D eigenvalue weighted by atomic mass is 31.1. The van der Waals surface area contributed by atoms with Crippen LogP contribution in [-0.4, -0.2) is 30.5 Å². The van der Waals surface area contributed by atoms with Crippen LogP contribution in [0.2, 0.25) is 0 Å². The molecule has 0 saturated heterocycles. The smallest absolute Gasteiger partial charge is 0.493 e. The number of aryl methyl sites for hydroxylation is 2. The highest BCUT2D eigenvalue weighted by Crippen LogP contribution is 2.37. The number of alkyl halides is 3. The van der Waals surface area contributed by atoms with Crippen molar-refractivity contribution in [2.24, 2.45) is 5.73 Å². The Labute approximate surface area is 183 Å². The van der Waals surface area contributed by atoms with Crippen molar-refractivity contribution in [2.75, 3.05) is 19.8 Å². The van der Waals surface area contributed by atoms with Gasteiger partial charge in [-0.2, -0.15) is 13.2 Å². The molecule has 0 aliphatic rings. The van der Waals surface area contributed by atoms with Gasteiger partial charge in [-0.05, 0) is 65.6 Å². The average molecular weight is 480 g/mol. The molecule has 0 radical (unpaired) electrons. The van der Waals surface area contributed by atoms with E-state index in [2.05, 4.69) is 0 Å². The van der Waals surface area contributed by atoms with Crippen molar-refractivity contribution in [2.45, 2.75) is 37.4 Å². The van der Waals surface area contributed by atoms with E-state index in [9.17, 15) is 31.6 Å². The Kier molecular flexibility index (Phi) is 9.51. The summed E-state index contributed by atoms with van der Waals surface area (Å²) in [6.07, 6.45) is -3.81. The summed E-state index contributed by atoms with van der Waals surface area (Å²) in [5.74, 6) is -2.30. The van der Waals surface area contributed by atoms with Crippen LogP contribution >= 0.6 is 8.69 Å². The summed E-state index contributed by atoms with van der Waals surface area (Å²) in [5, 5.41) is 9.41. The number of hydrogen-bond acceptors (Lipinski definition) is 5. The van der Waals surface area contributed by atoms with Crippen LogP contribution in [0.25, 0.3) is 0 Å². The van der Waals surface area contributed by atoms with Crippen molar-refractivity contribution in [3.8, 4) is 5.75 Å². The van der Waals surface area contributed by atoms with Gasteiger partial charge in [0.1, 0.15) is 12.4 Å². The number of rotatable bonds is 12. The van der Waals surface area contributed by atoms with E-state index in [1.165, 1.54) is 18.2 Å². The lowest BCUT2D eigenvalue weighted by atomic mass is 9.93. The summed E-state index contributed by atoms with van der Waals surface area (Å²) in [6, 6.07) is 7.07. The van der Waals surface area contributed by atoms with E-state index in [0.29, 0.717) is 24.0 Å². The topological polar surface area (TPSA) is 81.8 Å². The molecule has 0 aliphatic heterocycles. The summed E-state index contributed by atoms with van der Waals surface area (Å²) in [4.78, 5) is 0. The number of aliphatic hydroxyl groups excluding tert-OH is 1. The van der Waals surface area contributed by atoms with Gasteiger partial charge in [-0.25, -0.2) is 8.78 Å². The molecule has 11 heteroatoms. The number of nitrogens with two attached hydrogens (primary N) is 1. The minimum atomic E-state index is -4.66. The monoisotopic (exact) mass is 480 g/mol. The third-order valence-electron chi connectivity index (χ3n) is 4.85. The second-order valence-corrected chi connectivity index (χ2v) is 7.88. The van der Waals surface area contributed by atoms with Crippen LogP contribution in [0, 0.1) is 11.6 Å². The average Bonchev–Trinajstić information content (AvgIpc) is 2.76. The van der Waals surface area contributed by atoms with Crippen LogP contribution < -0.4 is 10.5 Å². The van der Waals surface area contributed by atoms with Crippen LogP contribution in [0.1, 0.15) is 29.5 Å². The minimum absolute atomic E-state index is 0.0504. The summed E-state index contributed by atoms with van der Waals surface area (Å²) >= 11 is 0. The Morgan fingerprint density at radius 3 is 2.31 bits per heavy atom. The molecular weight excluding hydrogens is 456 g/mol. The van der Waals surface area contributed by atoms with Crippen molar-refractivity contribution in [1.82, 2.24) is 0 Å². The molecule has 0 aromatic heterocycles. The Morgan fingerprint density at radius 2 is 1.69 bits per heavy atom. The van der Waals surface area contributed by atoms with E-state index in [-0.39, 0.29) is 31.8 Å². The number of ether oxygens (including phenoxy) is 1. The molecule has 3 N–H and O–H groups in total. The Hall–Kier alpha value is -2.13.